The first-order valence-corrected chi connectivity index (χ1v) is 11.3. The van der Waals surface area contributed by atoms with E-state index < -0.39 is 0 Å². The van der Waals surface area contributed by atoms with E-state index in [1.54, 1.807) is 19.2 Å². The first-order chi connectivity index (χ1) is 15.4. The predicted octanol–water partition coefficient (Wildman–Crippen LogP) is 4.56. The maximum Gasteiger partial charge on any atom is 0.230 e. The quantitative estimate of drug-likeness (QED) is 0.449. The smallest absolute Gasteiger partial charge is 0.230 e. The molecule has 0 saturated carbocycles. The predicted molar refractivity (Wildman–Crippen MR) is 121 cm³/mol. The fraction of sp³-hybridized carbons (Fsp3) is 0.348. The first kappa shape index (κ1) is 23.6. The third-order valence-corrected chi connectivity index (χ3v) is 5.62. The van der Waals surface area contributed by atoms with E-state index in [1.807, 2.05) is 49.6 Å². The first-order valence-electron chi connectivity index (χ1n) is 10.3. The molecule has 32 heavy (non-hydrogen) atoms. The summed E-state index contributed by atoms with van der Waals surface area (Å²) in [6, 6.07) is 13.5. The van der Waals surface area contributed by atoms with E-state index in [1.165, 1.54) is 23.9 Å². The van der Waals surface area contributed by atoms with Crippen LogP contribution in [0.5, 0.6) is 11.5 Å². The fourth-order valence-electron chi connectivity index (χ4n) is 3.04. The summed E-state index contributed by atoms with van der Waals surface area (Å²) >= 11 is 1.32. The molecule has 9 heteroatoms. The largest absolute Gasteiger partial charge is 0.497 e. The Morgan fingerprint density at radius 1 is 1.06 bits per heavy atom. The lowest BCUT2D eigenvalue weighted by Crippen LogP contribution is -2.24. The molecule has 0 saturated heterocycles. The highest BCUT2D eigenvalue weighted by Gasteiger charge is 2.22. The Kier molecular flexibility index (Phi) is 8.10. The number of carbonyl (C=O) groups is 1. The topological polar surface area (TPSA) is 78.3 Å². The number of nitrogens with zero attached hydrogens (tertiary/aromatic N) is 3. The van der Waals surface area contributed by atoms with Crippen LogP contribution < -0.4 is 14.8 Å². The molecule has 1 atom stereocenters. The summed E-state index contributed by atoms with van der Waals surface area (Å²) in [6.45, 7) is 6.32. The van der Waals surface area contributed by atoms with Gasteiger partial charge in [0.1, 0.15) is 17.3 Å². The van der Waals surface area contributed by atoms with Crippen LogP contribution in [-0.4, -0.2) is 33.5 Å². The van der Waals surface area contributed by atoms with Gasteiger partial charge in [0.25, 0.3) is 0 Å². The molecule has 170 valence electrons. The minimum atomic E-state index is -0.333. The normalized spacial score (nSPS) is 11.9. The van der Waals surface area contributed by atoms with Crippen LogP contribution in [0.25, 0.3) is 0 Å². The molecule has 0 spiro atoms. The number of aromatic nitrogens is 3. The number of benzene rings is 2. The maximum atomic E-state index is 13.0. The van der Waals surface area contributed by atoms with Gasteiger partial charge in [-0.15, -0.1) is 10.2 Å². The average molecular weight is 459 g/mol. The van der Waals surface area contributed by atoms with Gasteiger partial charge in [-0.1, -0.05) is 23.9 Å². The number of carbonyl (C=O) groups excluding carboxylic acids is 1. The van der Waals surface area contributed by atoms with Crippen LogP contribution in [0.15, 0.2) is 53.7 Å². The van der Waals surface area contributed by atoms with E-state index in [0.717, 1.165) is 11.3 Å². The molecule has 1 N–H and O–H groups in total. The molecule has 1 aromatic heterocycles. The molecule has 0 aliphatic carbocycles. The molecule has 3 aromatic rings. The van der Waals surface area contributed by atoms with Crippen molar-refractivity contribution in [3.05, 3.63) is 65.7 Å². The second-order valence-corrected chi connectivity index (χ2v) is 8.37. The van der Waals surface area contributed by atoms with Crippen molar-refractivity contribution in [3.8, 4) is 11.5 Å². The van der Waals surface area contributed by atoms with Crippen LogP contribution in [0.4, 0.5) is 4.39 Å². The number of thioether (sulfide) groups is 1. The zero-order chi connectivity index (χ0) is 23.1. The van der Waals surface area contributed by atoms with Gasteiger partial charge < -0.3 is 19.4 Å². The van der Waals surface area contributed by atoms with Crippen molar-refractivity contribution in [1.29, 1.82) is 0 Å². The van der Waals surface area contributed by atoms with Crippen LogP contribution >= 0.6 is 11.8 Å². The second kappa shape index (κ2) is 11.0. The Bertz CT molecular complexity index is 1020. The maximum absolute atomic E-state index is 13.0. The minimum absolute atomic E-state index is 0.0895. The second-order valence-electron chi connectivity index (χ2n) is 7.43. The molecule has 0 aliphatic rings. The molecule has 2 aromatic carbocycles. The fourth-order valence-corrected chi connectivity index (χ4v) is 3.95. The number of ether oxygens (including phenoxy) is 2. The Labute approximate surface area is 191 Å². The van der Waals surface area contributed by atoms with E-state index in [-0.39, 0.29) is 29.6 Å². The third kappa shape index (κ3) is 6.23. The summed E-state index contributed by atoms with van der Waals surface area (Å²) in [7, 11) is 1.62. The standard InChI is InChI=1S/C23H27FN4O3S/c1-15(2)28-22(16(3)31-20-11-9-19(30-4)10-12-20)26-27-23(28)32-14-21(29)25-13-17-5-7-18(24)8-6-17/h5-12,15-16H,13-14H2,1-4H3,(H,25,29). The van der Waals surface area contributed by atoms with Crippen molar-refractivity contribution >= 4 is 17.7 Å². The van der Waals surface area contributed by atoms with Crippen molar-refractivity contribution in [2.75, 3.05) is 12.9 Å². The Morgan fingerprint density at radius 3 is 2.34 bits per heavy atom. The number of hydrogen-bond acceptors (Lipinski definition) is 6. The third-order valence-electron chi connectivity index (χ3n) is 4.68. The molecular formula is C23H27FN4O3S. The van der Waals surface area contributed by atoms with Crippen LogP contribution in [0.3, 0.4) is 0 Å². The van der Waals surface area contributed by atoms with Crippen LogP contribution in [0.2, 0.25) is 0 Å². The van der Waals surface area contributed by atoms with Gasteiger partial charge in [-0.3, -0.25) is 4.79 Å². The highest BCUT2D eigenvalue weighted by atomic mass is 32.2. The lowest BCUT2D eigenvalue weighted by Gasteiger charge is -2.19. The van der Waals surface area contributed by atoms with E-state index in [4.69, 9.17) is 9.47 Å². The SMILES string of the molecule is COc1ccc(OC(C)c2nnc(SCC(=O)NCc3ccc(F)cc3)n2C(C)C)cc1. The van der Waals surface area contributed by atoms with Crippen molar-refractivity contribution in [3.63, 3.8) is 0 Å². The van der Waals surface area contributed by atoms with Gasteiger partial charge in [0.15, 0.2) is 17.1 Å². The molecule has 0 bridgehead atoms. The lowest BCUT2D eigenvalue weighted by atomic mass is 10.2. The highest BCUT2D eigenvalue weighted by Crippen LogP contribution is 2.28. The monoisotopic (exact) mass is 458 g/mol. The molecule has 1 amide bonds. The molecule has 0 aliphatic heterocycles. The van der Waals surface area contributed by atoms with E-state index in [9.17, 15) is 9.18 Å². The van der Waals surface area contributed by atoms with Crippen molar-refractivity contribution in [2.45, 2.75) is 44.6 Å². The van der Waals surface area contributed by atoms with Crippen LogP contribution in [0, 0.1) is 5.82 Å². The van der Waals surface area contributed by atoms with Crippen molar-refractivity contribution < 1.29 is 18.7 Å². The summed E-state index contributed by atoms with van der Waals surface area (Å²) < 4.78 is 26.2. The molecule has 1 heterocycles. The van der Waals surface area contributed by atoms with Gasteiger partial charge >= 0.3 is 0 Å². The number of methoxy groups -OCH3 is 1. The van der Waals surface area contributed by atoms with Crippen molar-refractivity contribution in [1.82, 2.24) is 20.1 Å². The summed E-state index contributed by atoms with van der Waals surface area (Å²) in [5.41, 5.74) is 0.835. The van der Waals surface area contributed by atoms with Crippen LogP contribution in [0.1, 0.15) is 44.3 Å². The zero-order valence-corrected chi connectivity index (χ0v) is 19.4. The Balaban J connectivity index is 1.60. The average Bonchev–Trinajstić information content (AvgIpc) is 3.22. The summed E-state index contributed by atoms with van der Waals surface area (Å²) in [5.74, 6) is 1.90. The molecule has 7 nitrogen and oxygen atoms in total. The van der Waals surface area contributed by atoms with Gasteiger partial charge in [-0.2, -0.15) is 0 Å². The molecule has 0 fully saturated rings. The highest BCUT2D eigenvalue weighted by molar-refractivity contribution is 7.99. The van der Waals surface area contributed by atoms with Gasteiger partial charge in [0.2, 0.25) is 5.91 Å². The van der Waals surface area contributed by atoms with Crippen molar-refractivity contribution in [2.24, 2.45) is 0 Å². The summed E-state index contributed by atoms with van der Waals surface area (Å²) in [4.78, 5) is 12.3. The van der Waals surface area contributed by atoms with Gasteiger partial charge in [-0.25, -0.2) is 4.39 Å². The summed E-state index contributed by atoms with van der Waals surface area (Å²) in [5, 5.41) is 12.1. The minimum Gasteiger partial charge on any atom is -0.497 e. The number of rotatable bonds is 10. The Morgan fingerprint density at radius 2 is 1.72 bits per heavy atom. The Hall–Kier alpha value is -3.07. The molecule has 0 radical (unpaired) electrons. The van der Waals surface area contributed by atoms with Crippen LogP contribution in [-0.2, 0) is 11.3 Å². The number of amides is 1. The van der Waals surface area contributed by atoms with E-state index >= 15 is 0 Å². The molecule has 3 rings (SSSR count). The van der Waals surface area contributed by atoms with Gasteiger partial charge in [0, 0.05) is 12.6 Å². The van der Waals surface area contributed by atoms with E-state index in [2.05, 4.69) is 15.5 Å². The molecular weight excluding hydrogens is 431 g/mol. The number of nitrogens with one attached hydrogen (secondary N) is 1. The van der Waals surface area contributed by atoms with Gasteiger partial charge in [0.05, 0.1) is 12.9 Å². The van der Waals surface area contributed by atoms with Gasteiger partial charge in [-0.05, 0) is 62.7 Å². The number of hydrogen-bond donors (Lipinski definition) is 1. The lowest BCUT2D eigenvalue weighted by molar-refractivity contribution is -0.118. The zero-order valence-electron chi connectivity index (χ0n) is 18.5. The number of halogens is 1. The summed E-state index contributed by atoms with van der Waals surface area (Å²) in [6.07, 6.45) is -0.333. The van der Waals surface area contributed by atoms with E-state index in [0.29, 0.717) is 23.3 Å². The molecule has 1 unspecified atom stereocenters.